The Kier molecular flexibility index (Phi) is 8.19. The van der Waals surface area contributed by atoms with Crippen molar-refractivity contribution in [2.45, 2.75) is 36.9 Å². The van der Waals surface area contributed by atoms with Gasteiger partial charge in [0.1, 0.15) is 24.4 Å². The molecule has 0 bridgehead atoms. The number of phosphoric ester groups is 1. The summed E-state index contributed by atoms with van der Waals surface area (Å²) in [4.78, 5) is 62.2. The fourth-order valence-corrected chi connectivity index (χ4v) is 6.36. The summed E-state index contributed by atoms with van der Waals surface area (Å²) in [5.41, 5.74) is -1.91. The molecular formula is C13H21N2O16P3. The summed E-state index contributed by atoms with van der Waals surface area (Å²) in [6.45, 7) is -0.466. The number of aliphatic hydroxyl groups excluding tert-OH is 2. The van der Waals surface area contributed by atoms with Gasteiger partial charge in [-0.3, -0.25) is 18.9 Å². The van der Waals surface area contributed by atoms with Gasteiger partial charge in [0.2, 0.25) is 0 Å². The molecule has 0 saturated carbocycles. The Morgan fingerprint density at radius 1 is 1.06 bits per heavy atom. The molecule has 1 aromatic heterocycles. The van der Waals surface area contributed by atoms with Gasteiger partial charge in [0, 0.05) is 12.8 Å². The normalized spacial score (nSPS) is 31.3. The lowest BCUT2D eigenvalue weighted by atomic mass is 10.0. The van der Waals surface area contributed by atoms with Gasteiger partial charge in [0.25, 0.3) is 5.56 Å². The molecule has 2 aliphatic heterocycles. The van der Waals surface area contributed by atoms with E-state index in [0.717, 1.165) is 6.20 Å². The minimum Gasteiger partial charge on any atom is -0.387 e. The van der Waals surface area contributed by atoms with Crippen molar-refractivity contribution in [3.63, 3.8) is 0 Å². The van der Waals surface area contributed by atoms with E-state index < -0.39 is 71.8 Å². The van der Waals surface area contributed by atoms with E-state index in [4.69, 9.17) is 24.2 Å². The molecule has 7 atom stereocenters. The van der Waals surface area contributed by atoms with Crippen LogP contribution in [0, 0.1) is 0 Å². The van der Waals surface area contributed by atoms with Crippen molar-refractivity contribution in [2.24, 2.45) is 0 Å². The fraction of sp³-hybridized carbons (Fsp3) is 0.692. The minimum atomic E-state index is -5.75. The zero-order chi connectivity index (χ0) is 25.5. The number of rotatable bonds is 9. The molecule has 3 rings (SSSR count). The third-order valence-electron chi connectivity index (χ3n) is 4.78. The smallest absolute Gasteiger partial charge is 0.387 e. The van der Waals surface area contributed by atoms with Gasteiger partial charge in [-0.05, 0) is 6.42 Å². The Bertz CT molecular complexity index is 1150. The van der Waals surface area contributed by atoms with Crippen molar-refractivity contribution in [3.8, 4) is 0 Å². The van der Waals surface area contributed by atoms with Gasteiger partial charge in [0.05, 0.1) is 24.8 Å². The van der Waals surface area contributed by atoms with Crippen LogP contribution in [-0.2, 0) is 36.3 Å². The van der Waals surface area contributed by atoms with E-state index >= 15 is 0 Å². The molecule has 34 heavy (non-hydrogen) atoms. The van der Waals surface area contributed by atoms with Gasteiger partial charge in [0.15, 0.2) is 0 Å². The SMILES string of the molecule is O=c1[nH]c(=O)n(C2CCOC2)cc1[C@@H]1O[C@H](COP(=O)(O)OP(=O)(O)OP(=O)(O)O)C(O)C1O. The van der Waals surface area contributed by atoms with Crippen LogP contribution in [0.2, 0.25) is 0 Å². The van der Waals surface area contributed by atoms with Crippen LogP contribution in [0.4, 0.5) is 0 Å². The lowest BCUT2D eigenvalue weighted by molar-refractivity contribution is -0.0228. The maximum Gasteiger partial charge on any atom is 0.490 e. The van der Waals surface area contributed by atoms with E-state index in [0.29, 0.717) is 13.0 Å². The van der Waals surface area contributed by atoms with Crippen molar-refractivity contribution in [1.29, 1.82) is 0 Å². The van der Waals surface area contributed by atoms with Gasteiger partial charge in [-0.15, -0.1) is 0 Å². The number of ether oxygens (including phenoxy) is 2. The van der Waals surface area contributed by atoms with Gasteiger partial charge in [-0.2, -0.15) is 8.62 Å². The summed E-state index contributed by atoms with van der Waals surface area (Å²) >= 11 is 0. The van der Waals surface area contributed by atoms with Gasteiger partial charge < -0.3 is 39.3 Å². The highest BCUT2D eigenvalue weighted by Crippen LogP contribution is 2.66. The van der Waals surface area contributed by atoms with Crippen molar-refractivity contribution in [3.05, 3.63) is 32.6 Å². The average molecular weight is 554 g/mol. The number of aromatic amines is 1. The quantitative estimate of drug-likeness (QED) is 0.163. The first-order valence-electron chi connectivity index (χ1n) is 9.31. The van der Waals surface area contributed by atoms with Crippen LogP contribution in [-0.4, -0.2) is 77.5 Å². The zero-order valence-electron chi connectivity index (χ0n) is 16.8. The molecule has 0 spiro atoms. The standard InChI is InChI=1S/C13H21N2O16P3/c16-9-8(5-28-33(23,24)31-34(25,26)30-32(20,21)22)29-11(10(9)17)7-3-15(6-1-2-27-4-6)13(19)14-12(7)18/h3,6,8-11,16-17H,1-2,4-5H2,(H,23,24)(H,25,26)(H,14,18,19)(H2,20,21,22)/t6?,8-,9?,10?,11+/m1/s1. The molecule has 7 N–H and O–H groups in total. The Labute approximate surface area is 189 Å². The maximum atomic E-state index is 12.3. The maximum absolute atomic E-state index is 12.3. The molecule has 1 aromatic rings. The van der Waals surface area contributed by atoms with Crippen molar-refractivity contribution >= 4 is 23.5 Å². The van der Waals surface area contributed by atoms with Gasteiger partial charge in [-0.25, -0.2) is 18.5 Å². The molecule has 0 aliphatic carbocycles. The summed E-state index contributed by atoms with van der Waals surface area (Å²) in [5, 5.41) is 20.5. The highest BCUT2D eigenvalue weighted by Gasteiger charge is 2.47. The third kappa shape index (κ3) is 6.78. The number of nitrogens with one attached hydrogen (secondary N) is 1. The molecule has 0 amide bonds. The number of nitrogens with zero attached hydrogens (tertiary/aromatic N) is 1. The first kappa shape index (κ1) is 27.5. The van der Waals surface area contributed by atoms with Crippen LogP contribution < -0.4 is 11.2 Å². The second-order valence-electron chi connectivity index (χ2n) is 7.23. The van der Waals surface area contributed by atoms with Crippen LogP contribution in [0.3, 0.4) is 0 Å². The molecule has 0 aromatic carbocycles. The molecule has 0 radical (unpaired) electrons. The number of hydrogen-bond donors (Lipinski definition) is 7. The Hall–Kier alpha value is -1.07. The van der Waals surface area contributed by atoms with E-state index in [2.05, 4.69) is 18.1 Å². The Balaban J connectivity index is 1.72. The Morgan fingerprint density at radius 2 is 1.74 bits per heavy atom. The molecule has 194 valence electrons. The molecule has 2 saturated heterocycles. The first-order valence-corrected chi connectivity index (χ1v) is 13.8. The topological polar surface area (TPSA) is 274 Å². The van der Waals surface area contributed by atoms with Crippen molar-refractivity contribution in [2.75, 3.05) is 19.8 Å². The Morgan fingerprint density at radius 3 is 2.32 bits per heavy atom. The predicted molar refractivity (Wildman–Crippen MR) is 105 cm³/mol. The summed E-state index contributed by atoms with van der Waals surface area (Å²) in [5.74, 6) is 0. The molecule has 18 nitrogen and oxygen atoms in total. The molecule has 21 heteroatoms. The average Bonchev–Trinajstić information content (AvgIpc) is 3.28. The van der Waals surface area contributed by atoms with Crippen LogP contribution in [0.1, 0.15) is 24.1 Å². The summed E-state index contributed by atoms with van der Waals surface area (Å²) in [6, 6.07) is -0.396. The molecule has 5 unspecified atom stereocenters. The second kappa shape index (κ2) is 10.1. The van der Waals surface area contributed by atoms with Crippen molar-refractivity contribution in [1.82, 2.24) is 9.55 Å². The molecule has 3 heterocycles. The zero-order valence-corrected chi connectivity index (χ0v) is 19.5. The van der Waals surface area contributed by atoms with Gasteiger partial charge >= 0.3 is 29.2 Å². The summed E-state index contributed by atoms with van der Waals surface area (Å²) in [6.07, 6.45) is -5.05. The van der Waals surface area contributed by atoms with Crippen LogP contribution in [0.25, 0.3) is 0 Å². The predicted octanol–water partition coefficient (Wildman–Crippen LogP) is -2.00. The van der Waals surface area contributed by atoms with E-state index in [1.54, 1.807) is 0 Å². The number of phosphoric acid groups is 3. The second-order valence-corrected chi connectivity index (χ2v) is 11.7. The first-order chi connectivity index (χ1) is 15.6. The number of H-pyrrole nitrogens is 1. The van der Waals surface area contributed by atoms with Crippen molar-refractivity contribution < 1.29 is 66.1 Å². The van der Waals surface area contributed by atoms with Gasteiger partial charge in [-0.1, -0.05) is 0 Å². The van der Waals surface area contributed by atoms with Crippen LogP contribution in [0.5, 0.6) is 0 Å². The van der Waals surface area contributed by atoms with Crippen LogP contribution >= 0.6 is 23.5 Å². The fourth-order valence-electron chi connectivity index (χ4n) is 3.33. The highest BCUT2D eigenvalue weighted by atomic mass is 31.3. The number of hydrogen-bond acceptors (Lipinski definition) is 12. The van der Waals surface area contributed by atoms with E-state index in [1.807, 2.05) is 0 Å². The molecule has 2 fully saturated rings. The minimum absolute atomic E-state index is 0.199. The lowest BCUT2D eigenvalue weighted by Gasteiger charge is -2.19. The number of aliphatic hydroxyl groups is 2. The largest absolute Gasteiger partial charge is 0.490 e. The van der Waals surface area contributed by atoms with E-state index in [1.165, 1.54) is 4.57 Å². The molecule has 2 aliphatic rings. The monoisotopic (exact) mass is 554 g/mol. The third-order valence-corrected chi connectivity index (χ3v) is 8.58. The van der Waals surface area contributed by atoms with Crippen LogP contribution in [0.15, 0.2) is 15.8 Å². The van der Waals surface area contributed by atoms with E-state index in [-0.39, 0.29) is 12.2 Å². The lowest BCUT2D eigenvalue weighted by Crippen LogP contribution is -2.37. The summed E-state index contributed by atoms with van der Waals surface area (Å²) < 4.78 is 57.1. The summed E-state index contributed by atoms with van der Waals surface area (Å²) in [7, 11) is -16.8. The number of aromatic nitrogens is 2. The molecular weight excluding hydrogens is 533 g/mol. The van der Waals surface area contributed by atoms with E-state index in [9.17, 15) is 38.4 Å². The highest BCUT2D eigenvalue weighted by molar-refractivity contribution is 7.66.